The number of amides is 1. The van der Waals surface area contributed by atoms with Crippen molar-refractivity contribution < 1.29 is 14.7 Å². The van der Waals surface area contributed by atoms with E-state index >= 15 is 0 Å². The summed E-state index contributed by atoms with van der Waals surface area (Å²) in [6.07, 6.45) is 4.40. The number of carbonyl (C=O) groups excluding carboxylic acids is 1. The first kappa shape index (κ1) is 18.9. The van der Waals surface area contributed by atoms with E-state index in [1.165, 1.54) is 33.6 Å². The van der Waals surface area contributed by atoms with Gasteiger partial charge in [-0.15, -0.1) is 23.1 Å². The summed E-state index contributed by atoms with van der Waals surface area (Å²) in [7, 11) is 0. The zero-order chi connectivity index (χ0) is 18.5. The lowest BCUT2D eigenvalue weighted by Crippen LogP contribution is -2.41. The number of aliphatic carboxylic acids is 1. The first-order valence-corrected chi connectivity index (χ1v) is 10.6. The first-order valence-electron chi connectivity index (χ1n) is 8.56. The number of carboxylic acids is 1. The fourth-order valence-electron chi connectivity index (χ4n) is 3.15. The second kappa shape index (κ2) is 8.68. The molecule has 3 rings (SSSR count). The number of carbonyl (C=O) groups is 2. The predicted octanol–water partition coefficient (Wildman–Crippen LogP) is 2.09. The summed E-state index contributed by atoms with van der Waals surface area (Å²) < 4.78 is 1.51. The molecule has 1 fully saturated rings. The van der Waals surface area contributed by atoms with Crippen molar-refractivity contribution in [1.82, 2.24) is 14.3 Å². The number of aromatic nitrogens is 2. The van der Waals surface area contributed by atoms with Crippen LogP contribution in [0.2, 0.25) is 0 Å². The molecule has 0 aliphatic carbocycles. The lowest BCUT2D eigenvalue weighted by molar-refractivity contribution is -0.137. The van der Waals surface area contributed by atoms with Crippen molar-refractivity contribution in [3.63, 3.8) is 0 Å². The second-order valence-electron chi connectivity index (χ2n) is 6.41. The van der Waals surface area contributed by atoms with Gasteiger partial charge in [-0.2, -0.15) is 0 Å². The molecule has 0 spiro atoms. The van der Waals surface area contributed by atoms with E-state index in [0.717, 1.165) is 19.4 Å². The molecule has 9 heteroatoms. The Labute approximate surface area is 159 Å². The highest BCUT2D eigenvalue weighted by atomic mass is 32.2. The van der Waals surface area contributed by atoms with E-state index in [4.69, 9.17) is 5.11 Å². The van der Waals surface area contributed by atoms with Crippen LogP contribution in [0.25, 0.3) is 4.96 Å². The summed E-state index contributed by atoms with van der Waals surface area (Å²) in [5.41, 5.74) is 0.587. The van der Waals surface area contributed by atoms with Gasteiger partial charge in [0.05, 0.1) is 11.4 Å². The summed E-state index contributed by atoms with van der Waals surface area (Å²) in [6.45, 7) is 1.39. The maximum Gasteiger partial charge on any atom is 0.303 e. The molecule has 0 bridgehead atoms. The lowest BCUT2D eigenvalue weighted by atomic mass is 9.93. The minimum atomic E-state index is -0.782. The van der Waals surface area contributed by atoms with Crippen LogP contribution in [0.5, 0.6) is 0 Å². The van der Waals surface area contributed by atoms with E-state index in [1.807, 2.05) is 10.3 Å². The van der Waals surface area contributed by atoms with Crippen LogP contribution in [0.3, 0.4) is 0 Å². The Bertz CT molecular complexity index is 848. The molecule has 2 aromatic rings. The number of rotatable bonds is 7. The van der Waals surface area contributed by atoms with Gasteiger partial charge in [0.2, 0.25) is 5.91 Å². The fraction of sp³-hybridized carbons (Fsp3) is 0.529. The van der Waals surface area contributed by atoms with Gasteiger partial charge in [-0.05, 0) is 25.2 Å². The van der Waals surface area contributed by atoms with Gasteiger partial charge in [0.15, 0.2) is 4.96 Å². The molecule has 1 saturated heterocycles. The van der Waals surface area contributed by atoms with E-state index < -0.39 is 5.97 Å². The smallest absolute Gasteiger partial charge is 0.303 e. The normalized spacial score (nSPS) is 17.5. The number of thiazole rings is 1. The molecule has 0 aromatic carbocycles. The maximum atomic E-state index is 12.4. The quantitative estimate of drug-likeness (QED) is 0.772. The summed E-state index contributed by atoms with van der Waals surface area (Å²) in [5, 5.41) is 10.6. The minimum absolute atomic E-state index is 0.0731. The Morgan fingerprint density at radius 2 is 2.27 bits per heavy atom. The average molecular weight is 396 g/mol. The third kappa shape index (κ3) is 4.85. The summed E-state index contributed by atoms with van der Waals surface area (Å²) in [6, 6.07) is 1.51. The van der Waals surface area contributed by atoms with E-state index in [1.54, 1.807) is 6.20 Å². The maximum absolute atomic E-state index is 12.4. The molecule has 1 N–H and O–H groups in total. The molecule has 0 radical (unpaired) electrons. The topological polar surface area (TPSA) is 92.0 Å². The fourth-order valence-corrected chi connectivity index (χ4v) is 4.71. The van der Waals surface area contributed by atoms with Crippen LogP contribution in [0.15, 0.2) is 22.4 Å². The van der Waals surface area contributed by atoms with Crippen LogP contribution in [-0.2, 0) is 15.3 Å². The number of likely N-dealkylation sites (tertiary alicyclic amines) is 1. The highest BCUT2D eigenvalue weighted by Gasteiger charge is 2.23. The van der Waals surface area contributed by atoms with Crippen LogP contribution in [0, 0.1) is 5.92 Å². The lowest BCUT2D eigenvalue weighted by Gasteiger charge is -2.32. The average Bonchev–Trinajstić information content (AvgIpc) is 3.09. The molecular weight excluding hydrogens is 374 g/mol. The molecule has 26 heavy (non-hydrogen) atoms. The van der Waals surface area contributed by atoms with Gasteiger partial charge < -0.3 is 10.0 Å². The summed E-state index contributed by atoms with van der Waals surface area (Å²) in [5.74, 6) is 0.429. The number of hydrogen-bond donors (Lipinski definition) is 1. The van der Waals surface area contributed by atoms with E-state index in [9.17, 15) is 14.4 Å². The molecule has 1 aliphatic heterocycles. The van der Waals surface area contributed by atoms with Crippen LogP contribution in [0.4, 0.5) is 0 Å². The van der Waals surface area contributed by atoms with E-state index in [-0.39, 0.29) is 23.8 Å². The molecule has 0 saturated carbocycles. The van der Waals surface area contributed by atoms with Crippen LogP contribution >= 0.6 is 23.1 Å². The predicted molar refractivity (Wildman–Crippen MR) is 102 cm³/mol. The van der Waals surface area contributed by atoms with Crippen molar-refractivity contribution in [1.29, 1.82) is 0 Å². The minimum Gasteiger partial charge on any atom is -0.481 e. The molecule has 1 aliphatic rings. The standard InChI is InChI=1S/C17H21N3O4S2/c21-14-8-13(18-17-20(14)6-7-26-17)10-25-11-15(22)19-5-1-2-12(9-19)3-4-16(23)24/h6-8,12H,1-5,9-11H2,(H,23,24). The molecule has 2 aromatic heterocycles. The van der Waals surface area contributed by atoms with E-state index in [0.29, 0.717) is 35.1 Å². The van der Waals surface area contributed by atoms with Crippen molar-refractivity contribution in [3.05, 3.63) is 33.7 Å². The van der Waals surface area contributed by atoms with Gasteiger partial charge in [0.25, 0.3) is 5.56 Å². The van der Waals surface area contributed by atoms with Crippen molar-refractivity contribution >= 4 is 39.9 Å². The number of fused-ring (bicyclic) bond motifs is 1. The zero-order valence-corrected chi connectivity index (χ0v) is 15.9. The first-order chi connectivity index (χ1) is 12.5. The number of hydrogen-bond acceptors (Lipinski definition) is 6. The Kier molecular flexibility index (Phi) is 6.31. The van der Waals surface area contributed by atoms with Gasteiger partial charge in [-0.1, -0.05) is 0 Å². The number of thioether (sulfide) groups is 1. The zero-order valence-electron chi connectivity index (χ0n) is 14.3. The Balaban J connectivity index is 1.48. The van der Waals surface area contributed by atoms with Gasteiger partial charge in [0, 0.05) is 42.9 Å². The summed E-state index contributed by atoms with van der Waals surface area (Å²) in [4.78, 5) is 42.0. The van der Waals surface area contributed by atoms with Crippen molar-refractivity contribution in [2.24, 2.45) is 5.92 Å². The monoisotopic (exact) mass is 395 g/mol. The third-order valence-corrected chi connectivity index (χ3v) is 6.18. The Morgan fingerprint density at radius 1 is 1.42 bits per heavy atom. The molecular formula is C17H21N3O4S2. The van der Waals surface area contributed by atoms with Gasteiger partial charge in [0.1, 0.15) is 0 Å². The van der Waals surface area contributed by atoms with Crippen LogP contribution in [-0.4, -0.2) is 50.1 Å². The molecule has 3 heterocycles. The molecule has 1 atom stereocenters. The van der Waals surface area contributed by atoms with Crippen molar-refractivity contribution in [2.45, 2.75) is 31.4 Å². The van der Waals surface area contributed by atoms with E-state index in [2.05, 4.69) is 4.98 Å². The second-order valence-corrected chi connectivity index (χ2v) is 8.27. The van der Waals surface area contributed by atoms with Crippen molar-refractivity contribution in [3.8, 4) is 0 Å². The SMILES string of the molecule is O=C(O)CCC1CCCN(C(=O)CSCc2cc(=O)n3ccsc3n2)C1. The van der Waals surface area contributed by atoms with Gasteiger partial charge >= 0.3 is 5.97 Å². The largest absolute Gasteiger partial charge is 0.481 e. The number of piperidine rings is 1. The highest BCUT2D eigenvalue weighted by molar-refractivity contribution is 7.99. The molecule has 7 nitrogen and oxygen atoms in total. The highest BCUT2D eigenvalue weighted by Crippen LogP contribution is 2.22. The van der Waals surface area contributed by atoms with Crippen molar-refractivity contribution in [2.75, 3.05) is 18.8 Å². The van der Waals surface area contributed by atoms with Gasteiger partial charge in [-0.3, -0.25) is 18.8 Å². The van der Waals surface area contributed by atoms with Crippen LogP contribution < -0.4 is 5.56 Å². The van der Waals surface area contributed by atoms with Gasteiger partial charge in [-0.25, -0.2) is 4.98 Å². The Morgan fingerprint density at radius 3 is 3.08 bits per heavy atom. The summed E-state index contributed by atoms with van der Waals surface area (Å²) >= 11 is 2.87. The molecule has 140 valence electrons. The number of nitrogens with zero attached hydrogens (tertiary/aromatic N) is 3. The molecule has 1 amide bonds. The molecule has 1 unspecified atom stereocenters. The van der Waals surface area contributed by atoms with Crippen LogP contribution in [0.1, 0.15) is 31.4 Å². The third-order valence-electron chi connectivity index (χ3n) is 4.47. The Hall–Kier alpha value is -1.87. The number of carboxylic acid groups (broad SMARTS) is 1.